The first-order valence-electron chi connectivity index (χ1n) is 6.29. The molecule has 2 unspecified atom stereocenters. The van der Waals surface area contributed by atoms with E-state index in [1.54, 1.807) is 0 Å². The van der Waals surface area contributed by atoms with Crippen molar-refractivity contribution >= 4 is 11.8 Å². The van der Waals surface area contributed by atoms with Crippen molar-refractivity contribution in [3.63, 3.8) is 0 Å². The molecule has 2 heteroatoms. The largest absolute Gasteiger partial charge is 0.309 e. The summed E-state index contributed by atoms with van der Waals surface area (Å²) in [6.07, 6.45) is 2.17. The number of hydrogen-bond donors (Lipinski definition) is 1. The molecule has 1 aromatic rings. The van der Waals surface area contributed by atoms with Crippen LogP contribution in [-0.2, 0) is 0 Å². The Morgan fingerprint density at radius 2 is 1.65 bits per heavy atom. The fourth-order valence-corrected chi connectivity index (χ4v) is 2.67. The van der Waals surface area contributed by atoms with Crippen LogP contribution in [0.15, 0.2) is 12.1 Å². The molecule has 2 atom stereocenters. The zero-order valence-corrected chi connectivity index (χ0v) is 12.7. The third-order valence-corrected chi connectivity index (χ3v) is 4.26. The van der Waals surface area contributed by atoms with E-state index in [9.17, 15) is 0 Å². The van der Waals surface area contributed by atoms with Crippen molar-refractivity contribution in [2.45, 2.75) is 45.9 Å². The molecule has 0 aliphatic rings. The molecule has 1 aromatic carbocycles. The predicted molar refractivity (Wildman–Crippen MR) is 80.0 cm³/mol. The third kappa shape index (κ3) is 4.04. The topological polar surface area (TPSA) is 12.0 Å². The molecule has 0 bridgehead atoms. The lowest BCUT2D eigenvalue weighted by Gasteiger charge is -2.21. The zero-order valence-electron chi connectivity index (χ0n) is 11.9. The summed E-state index contributed by atoms with van der Waals surface area (Å²) in [6, 6.07) is 4.99. The maximum atomic E-state index is 3.63. The third-order valence-electron chi connectivity index (χ3n) is 3.28. The van der Waals surface area contributed by atoms with Crippen molar-refractivity contribution < 1.29 is 0 Å². The fraction of sp³-hybridized carbons (Fsp3) is 0.600. The van der Waals surface area contributed by atoms with Gasteiger partial charge in [0.1, 0.15) is 0 Å². The minimum atomic E-state index is 0.435. The summed E-state index contributed by atoms with van der Waals surface area (Å²) >= 11 is 1.91. The van der Waals surface area contributed by atoms with Crippen molar-refractivity contribution in [1.82, 2.24) is 5.32 Å². The van der Waals surface area contributed by atoms with Gasteiger partial charge in [0.15, 0.2) is 0 Å². The highest BCUT2D eigenvalue weighted by molar-refractivity contribution is 7.99. The number of thioether (sulfide) groups is 1. The Bertz CT molecular complexity index is 350. The molecule has 0 saturated carbocycles. The lowest BCUT2D eigenvalue weighted by Crippen LogP contribution is -2.26. The Balaban J connectivity index is 2.78. The van der Waals surface area contributed by atoms with Crippen molar-refractivity contribution in [3.8, 4) is 0 Å². The first-order chi connectivity index (χ1) is 7.95. The van der Waals surface area contributed by atoms with E-state index in [2.05, 4.69) is 58.3 Å². The maximum absolute atomic E-state index is 3.63. The highest BCUT2D eigenvalue weighted by Crippen LogP contribution is 2.23. The van der Waals surface area contributed by atoms with E-state index in [-0.39, 0.29) is 0 Å². The molecule has 0 saturated heterocycles. The van der Waals surface area contributed by atoms with E-state index in [0.29, 0.717) is 11.3 Å². The number of nitrogens with one attached hydrogen (secondary N) is 1. The van der Waals surface area contributed by atoms with Gasteiger partial charge in [-0.25, -0.2) is 0 Å². The summed E-state index contributed by atoms with van der Waals surface area (Å²) in [5, 5.41) is 4.30. The standard InChI is InChI=1S/C15H25NS/c1-10-7-11(2)15(12(3)8-10)14(5)16-9-13(4)17-6/h7-8,13-14,16H,9H2,1-6H3. The van der Waals surface area contributed by atoms with Crippen LogP contribution in [-0.4, -0.2) is 18.1 Å². The Kier molecular flexibility index (Phi) is 5.54. The van der Waals surface area contributed by atoms with Gasteiger partial charge < -0.3 is 5.32 Å². The number of aryl methyl sites for hydroxylation is 3. The molecule has 1 N–H and O–H groups in total. The monoisotopic (exact) mass is 251 g/mol. The van der Waals surface area contributed by atoms with E-state index in [1.165, 1.54) is 22.3 Å². The predicted octanol–water partition coefficient (Wildman–Crippen LogP) is 4.01. The molecule has 1 rings (SSSR count). The molecule has 0 radical (unpaired) electrons. The van der Waals surface area contributed by atoms with Gasteiger partial charge in [-0.05, 0) is 50.6 Å². The van der Waals surface area contributed by atoms with Gasteiger partial charge in [-0.3, -0.25) is 0 Å². The molecule has 0 amide bonds. The normalized spacial score (nSPS) is 14.7. The molecule has 1 nitrogen and oxygen atoms in total. The van der Waals surface area contributed by atoms with Crippen LogP contribution in [0, 0.1) is 20.8 Å². The lowest BCUT2D eigenvalue weighted by molar-refractivity contribution is 0.571. The van der Waals surface area contributed by atoms with Crippen molar-refractivity contribution in [3.05, 3.63) is 34.4 Å². The van der Waals surface area contributed by atoms with Gasteiger partial charge in [0, 0.05) is 17.8 Å². The van der Waals surface area contributed by atoms with Crippen molar-refractivity contribution in [2.24, 2.45) is 0 Å². The molecule has 0 heterocycles. The van der Waals surface area contributed by atoms with E-state index < -0.39 is 0 Å². The molecular formula is C15H25NS. The van der Waals surface area contributed by atoms with Gasteiger partial charge in [-0.1, -0.05) is 24.6 Å². The number of hydrogen-bond acceptors (Lipinski definition) is 2. The van der Waals surface area contributed by atoms with Gasteiger partial charge in [0.05, 0.1) is 0 Å². The highest BCUT2D eigenvalue weighted by Gasteiger charge is 2.12. The maximum Gasteiger partial charge on any atom is 0.0297 e. The van der Waals surface area contributed by atoms with Crippen molar-refractivity contribution in [1.29, 1.82) is 0 Å². The summed E-state index contributed by atoms with van der Waals surface area (Å²) in [7, 11) is 0. The molecule has 0 aliphatic carbocycles. The fourth-order valence-electron chi connectivity index (χ4n) is 2.40. The van der Waals surface area contributed by atoms with E-state index in [0.717, 1.165) is 6.54 Å². The summed E-state index contributed by atoms with van der Waals surface area (Å²) in [5.74, 6) is 0. The van der Waals surface area contributed by atoms with Crippen LogP contribution in [0.1, 0.15) is 42.1 Å². The highest BCUT2D eigenvalue weighted by atomic mass is 32.2. The van der Waals surface area contributed by atoms with Crippen LogP contribution in [0.5, 0.6) is 0 Å². The van der Waals surface area contributed by atoms with Gasteiger partial charge in [-0.15, -0.1) is 0 Å². The average Bonchev–Trinajstić information content (AvgIpc) is 2.24. The summed E-state index contributed by atoms with van der Waals surface area (Å²) in [4.78, 5) is 0. The Labute approximate surface area is 110 Å². The minimum Gasteiger partial charge on any atom is -0.309 e. The second-order valence-corrected chi connectivity index (χ2v) is 6.26. The lowest BCUT2D eigenvalue weighted by atomic mass is 9.95. The van der Waals surface area contributed by atoms with Crippen LogP contribution >= 0.6 is 11.8 Å². The molecule has 17 heavy (non-hydrogen) atoms. The van der Waals surface area contributed by atoms with E-state index in [1.807, 2.05) is 11.8 Å². The first kappa shape index (κ1) is 14.6. The summed E-state index contributed by atoms with van der Waals surface area (Å²) in [6.45, 7) is 12.2. The van der Waals surface area contributed by atoms with Gasteiger partial charge >= 0.3 is 0 Å². The smallest absolute Gasteiger partial charge is 0.0297 e. The van der Waals surface area contributed by atoms with Gasteiger partial charge in [0.25, 0.3) is 0 Å². The second-order valence-electron chi connectivity index (χ2n) is 4.99. The number of benzene rings is 1. The van der Waals surface area contributed by atoms with Crippen molar-refractivity contribution in [2.75, 3.05) is 12.8 Å². The Morgan fingerprint density at radius 1 is 1.12 bits per heavy atom. The molecule has 0 fully saturated rings. The average molecular weight is 251 g/mol. The van der Waals surface area contributed by atoms with Crippen LogP contribution in [0.3, 0.4) is 0 Å². The molecular weight excluding hydrogens is 226 g/mol. The molecule has 0 aromatic heterocycles. The molecule has 0 aliphatic heterocycles. The second kappa shape index (κ2) is 6.46. The quantitative estimate of drug-likeness (QED) is 0.848. The van der Waals surface area contributed by atoms with Crippen LogP contribution in [0.4, 0.5) is 0 Å². The van der Waals surface area contributed by atoms with E-state index in [4.69, 9.17) is 0 Å². The first-order valence-corrected chi connectivity index (χ1v) is 7.58. The van der Waals surface area contributed by atoms with E-state index >= 15 is 0 Å². The van der Waals surface area contributed by atoms with Gasteiger partial charge in [0.2, 0.25) is 0 Å². The summed E-state index contributed by atoms with van der Waals surface area (Å²) in [5.41, 5.74) is 5.62. The SMILES string of the molecule is CSC(C)CNC(C)c1c(C)cc(C)cc1C. The number of rotatable bonds is 5. The Hall–Kier alpha value is -0.470. The Morgan fingerprint density at radius 3 is 2.12 bits per heavy atom. The minimum absolute atomic E-state index is 0.435. The molecule has 0 spiro atoms. The van der Waals surface area contributed by atoms with Crippen LogP contribution < -0.4 is 5.32 Å². The molecule has 96 valence electrons. The summed E-state index contributed by atoms with van der Waals surface area (Å²) < 4.78 is 0. The zero-order chi connectivity index (χ0) is 13.0. The van der Waals surface area contributed by atoms with Crippen LogP contribution in [0.2, 0.25) is 0 Å². The van der Waals surface area contributed by atoms with Crippen LogP contribution in [0.25, 0.3) is 0 Å². The van der Waals surface area contributed by atoms with Gasteiger partial charge in [-0.2, -0.15) is 11.8 Å².